The lowest BCUT2D eigenvalue weighted by molar-refractivity contribution is -0.121. The van der Waals surface area contributed by atoms with Gasteiger partial charge in [0.25, 0.3) is 0 Å². The van der Waals surface area contributed by atoms with E-state index in [1.54, 1.807) is 12.3 Å². The van der Waals surface area contributed by atoms with Crippen molar-refractivity contribution in [3.8, 4) is 5.82 Å². The summed E-state index contributed by atoms with van der Waals surface area (Å²) in [6, 6.07) is 14.3. The maximum atomic E-state index is 13.1. The number of amides is 1. The Morgan fingerprint density at radius 1 is 1.19 bits per heavy atom. The number of anilines is 1. The van der Waals surface area contributed by atoms with Crippen molar-refractivity contribution in [2.75, 3.05) is 18.4 Å². The molecule has 2 N–H and O–H groups in total. The van der Waals surface area contributed by atoms with Gasteiger partial charge >= 0.3 is 0 Å². The Kier molecular flexibility index (Phi) is 4.22. The van der Waals surface area contributed by atoms with Crippen molar-refractivity contribution in [2.45, 2.75) is 11.8 Å². The molecule has 3 heterocycles. The average Bonchev–Trinajstić information content (AvgIpc) is 3.33. The zero-order chi connectivity index (χ0) is 18.0. The van der Waals surface area contributed by atoms with E-state index in [0.717, 1.165) is 24.7 Å². The first kappa shape index (κ1) is 16.4. The third-order valence-corrected chi connectivity index (χ3v) is 4.69. The van der Waals surface area contributed by atoms with E-state index in [4.69, 9.17) is 0 Å². The van der Waals surface area contributed by atoms with E-state index < -0.39 is 11.2 Å². The number of hydrogen-bond donors (Lipinski definition) is 2. The van der Waals surface area contributed by atoms with Crippen LogP contribution in [0, 0.1) is 5.82 Å². The predicted octanol–water partition coefficient (Wildman–Crippen LogP) is 2.28. The summed E-state index contributed by atoms with van der Waals surface area (Å²) >= 11 is 0. The summed E-state index contributed by atoms with van der Waals surface area (Å²) in [6.07, 6.45) is 3.53. The van der Waals surface area contributed by atoms with Crippen molar-refractivity contribution in [3.63, 3.8) is 0 Å². The molecule has 0 saturated carbocycles. The first-order valence-electron chi connectivity index (χ1n) is 8.43. The molecule has 1 unspecified atom stereocenters. The topological polar surface area (TPSA) is 71.8 Å². The van der Waals surface area contributed by atoms with Crippen molar-refractivity contribution in [3.05, 3.63) is 72.3 Å². The van der Waals surface area contributed by atoms with E-state index in [2.05, 4.69) is 20.7 Å². The molecule has 4 rings (SSSR count). The van der Waals surface area contributed by atoms with Gasteiger partial charge in [0.2, 0.25) is 5.91 Å². The first-order valence-corrected chi connectivity index (χ1v) is 8.43. The Bertz CT molecular complexity index is 901. The van der Waals surface area contributed by atoms with Crippen LogP contribution in [0.2, 0.25) is 0 Å². The molecule has 3 aromatic rings. The third-order valence-electron chi connectivity index (χ3n) is 4.69. The molecule has 0 aliphatic carbocycles. The molecule has 26 heavy (non-hydrogen) atoms. The SMILES string of the molecule is O=C(Nc1ccn(-c2ccc(F)cn2)n1)C1(c2ccccc2)CCNC1. The van der Waals surface area contributed by atoms with Gasteiger partial charge in [0.1, 0.15) is 5.82 Å². The van der Waals surface area contributed by atoms with E-state index in [-0.39, 0.29) is 5.91 Å². The minimum Gasteiger partial charge on any atom is -0.315 e. The zero-order valence-electron chi connectivity index (χ0n) is 14.0. The summed E-state index contributed by atoms with van der Waals surface area (Å²) in [4.78, 5) is 17.0. The summed E-state index contributed by atoms with van der Waals surface area (Å²) in [5.74, 6) is 0.412. The Labute approximate surface area is 150 Å². The highest BCUT2D eigenvalue weighted by atomic mass is 19.1. The van der Waals surface area contributed by atoms with Gasteiger partial charge in [-0.05, 0) is 30.7 Å². The summed E-state index contributed by atoms with van der Waals surface area (Å²) < 4.78 is 14.5. The number of benzene rings is 1. The summed E-state index contributed by atoms with van der Waals surface area (Å²) in [5, 5.41) is 10.5. The van der Waals surface area contributed by atoms with Crippen molar-refractivity contribution in [1.82, 2.24) is 20.1 Å². The van der Waals surface area contributed by atoms with Crippen molar-refractivity contribution >= 4 is 11.7 Å². The molecule has 1 atom stereocenters. The second kappa shape index (κ2) is 6.68. The maximum Gasteiger partial charge on any atom is 0.237 e. The van der Waals surface area contributed by atoms with Gasteiger partial charge in [-0.3, -0.25) is 4.79 Å². The number of aromatic nitrogens is 3. The lowest BCUT2D eigenvalue weighted by atomic mass is 9.79. The highest BCUT2D eigenvalue weighted by molar-refractivity contribution is 5.99. The van der Waals surface area contributed by atoms with Crippen LogP contribution in [0.15, 0.2) is 60.9 Å². The molecule has 1 amide bonds. The number of nitrogens with zero attached hydrogens (tertiary/aromatic N) is 3. The molecule has 1 aliphatic heterocycles. The lowest BCUT2D eigenvalue weighted by Gasteiger charge is -2.27. The van der Waals surface area contributed by atoms with Gasteiger partial charge in [-0.2, -0.15) is 0 Å². The van der Waals surface area contributed by atoms with Crippen LogP contribution in [0.5, 0.6) is 0 Å². The molecule has 132 valence electrons. The number of nitrogens with one attached hydrogen (secondary N) is 2. The molecule has 2 aromatic heterocycles. The number of rotatable bonds is 4. The van der Waals surface area contributed by atoms with E-state index in [9.17, 15) is 9.18 Å². The zero-order valence-corrected chi connectivity index (χ0v) is 14.0. The normalized spacial score (nSPS) is 19.4. The highest BCUT2D eigenvalue weighted by Crippen LogP contribution is 2.32. The molecule has 1 aromatic carbocycles. The van der Waals surface area contributed by atoms with Crippen LogP contribution in [-0.2, 0) is 10.2 Å². The second-order valence-corrected chi connectivity index (χ2v) is 6.31. The standard InChI is InChI=1S/C19H18FN5O/c20-15-6-7-17(22-12-15)25-11-8-16(24-25)23-18(26)19(9-10-21-13-19)14-4-2-1-3-5-14/h1-8,11-12,21H,9-10,13H2,(H,23,24,26). The smallest absolute Gasteiger partial charge is 0.237 e. The summed E-state index contributed by atoms with van der Waals surface area (Å²) in [5.41, 5.74) is 0.376. The predicted molar refractivity (Wildman–Crippen MR) is 95.6 cm³/mol. The van der Waals surface area contributed by atoms with E-state index >= 15 is 0 Å². The minimum atomic E-state index is -0.612. The van der Waals surface area contributed by atoms with Gasteiger partial charge in [0.05, 0.1) is 11.6 Å². The first-order chi connectivity index (χ1) is 12.7. The van der Waals surface area contributed by atoms with Gasteiger partial charge in [0.15, 0.2) is 11.6 Å². The second-order valence-electron chi connectivity index (χ2n) is 6.31. The Hall–Kier alpha value is -3.06. The Morgan fingerprint density at radius 3 is 2.73 bits per heavy atom. The van der Waals surface area contributed by atoms with E-state index in [1.807, 2.05) is 30.3 Å². The largest absolute Gasteiger partial charge is 0.315 e. The number of halogens is 1. The lowest BCUT2D eigenvalue weighted by Crippen LogP contribution is -2.42. The molecular formula is C19H18FN5O. The number of carbonyl (C=O) groups excluding carboxylic acids is 1. The van der Waals surface area contributed by atoms with Gasteiger partial charge in [-0.25, -0.2) is 14.1 Å². The van der Waals surface area contributed by atoms with Crippen LogP contribution in [0.4, 0.5) is 10.2 Å². The molecule has 0 radical (unpaired) electrons. The van der Waals surface area contributed by atoms with Gasteiger partial charge in [-0.1, -0.05) is 30.3 Å². The highest BCUT2D eigenvalue weighted by Gasteiger charge is 2.43. The molecule has 0 bridgehead atoms. The van der Waals surface area contributed by atoms with Gasteiger partial charge in [-0.15, -0.1) is 5.10 Å². The minimum absolute atomic E-state index is 0.0917. The summed E-state index contributed by atoms with van der Waals surface area (Å²) in [7, 11) is 0. The van der Waals surface area contributed by atoms with Crippen LogP contribution >= 0.6 is 0 Å². The molecule has 1 aliphatic rings. The number of hydrogen-bond acceptors (Lipinski definition) is 4. The molecule has 1 fully saturated rings. The van der Waals surface area contributed by atoms with Crippen LogP contribution in [-0.4, -0.2) is 33.8 Å². The van der Waals surface area contributed by atoms with Crippen LogP contribution in [0.1, 0.15) is 12.0 Å². The summed E-state index contributed by atoms with van der Waals surface area (Å²) in [6.45, 7) is 1.37. The molecular weight excluding hydrogens is 333 g/mol. The van der Waals surface area contributed by atoms with Gasteiger partial charge in [0, 0.05) is 18.8 Å². The fourth-order valence-corrected chi connectivity index (χ4v) is 3.28. The van der Waals surface area contributed by atoms with E-state index in [0.29, 0.717) is 18.2 Å². The van der Waals surface area contributed by atoms with Crippen LogP contribution < -0.4 is 10.6 Å². The molecule has 1 saturated heterocycles. The Morgan fingerprint density at radius 2 is 2.04 bits per heavy atom. The van der Waals surface area contributed by atoms with Crippen molar-refractivity contribution in [1.29, 1.82) is 0 Å². The van der Waals surface area contributed by atoms with Gasteiger partial charge < -0.3 is 10.6 Å². The molecule has 0 spiro atoms. The van der Waals surface area contributed by atoms with Crippen LogP contribution in [0.3, 0.4) is 0 Å². The maximum absolute atomic E-state index is 13.1. The number of pyridine rings is 1. The number of carbonyl (C=O) groups is 1. The Balaban J connectivity index is 1.57. The van der Waals surface area contributed by atoms with Crippen molar-refractivity contribution < 1.29 is 9.18 Å². The third kappa shape index (κ3) is 2.97. The average molecular weight is 351 g/mol. The fourth-order valence-electron chi connectivity index (χ4n) is 3.28. The van der Waals surface area contributed by atoms with E-state index in [1.165, 1.54) is 16.8 Å². The van der Waals surface area contributed by atoms with Crippen molar-refractivity contribution in [2.24, 2.45) is 0 Å². The quantitative estimate of drug-likeness (QED) is 0.756. The molecule has 6 nitrogen and oxygen atoms in total. The molecule has 7 heteroatoms. The van der Waals surface area contributed by atoms with Crippen LogP contribution in [0.25, 0.3) is 5.82 Å². The monoisotopic (exact) mass is 351 g/mol. The fraction of sp³-hybridized carbons (Fsp3) is 0.211.